The lowest BCUT2D eigenvalue weighted by molar-refractivity contribution is -0.121. The minimum absolute atomic E-state index is 0.0123. The molecule has 1 amide bonds. The first-order valence-corrected chi connectivity index (χ1v) is 11.5. The summed E-state index contributed by atoms with van der Waals surface area (Å²) in [6.07, 6.45) is 1.60. The SMILES string of the molecule is CCCN1C(=O)COc2ccc(C(=O)C(C)n3c(=S)[nH]c4sc(CC)cc4c3=O)cc21. The zero-order valence-electron chi connectivity index (χ0n) is 17.6. The Morgan fingerprint density at radius 2 is 2.06 bits per heavy atom. The van der Waals surface area contributed by atoms with Gasteiger partial charge < -0.3 is 14.6 Å². The number of anilines is 1. The van der Waals surface area contributed by atoms with Crippen LogP contribution in [0.25, 0.3) is 10.2 Å². The van der Waals surface area contributed by atoms with Crippen LogP contribution in [0.1, 0.15) is 48.5 Å². The van der Waals surface area contributed by atoms with E-state index in [9.17, 15) is 14.4 Å². The molecule has 7 nitrogen and oxygen atoms in total. The van der Waals surface area contributed by atoms with E-state index in [-0.39, 0.29) is 28.6 Å². The van der Waals surface area contributed by atoms with Crippen molar-refractivity contribution in [2.45, 2.75) is 39.7 Å². The third kappa shape index (κ3) is 3.72. The molecule has 0 saturated heterocycles. The van der Waals surface area contributed by atoms with Gasteiger partial charge in [-0.1, -0.05) is 13.8 Å². The number of ether oxygens (including phenoxy) is 1. The number of nitrogens with zero attached hydrogens (tertiary/aromatic N) is 2. The lowest BCUT2D eigenvalue weighted by atomic mass is 10.0. The highest BCUT2D eigenvalue weighted by atomic mass is 32.1. The normalized spacial score (nSPS) is 14.4. The van der Waals surface area contributed by atoms with Crippen LogP contribution in [0.15, 0.2) is 29.1 Å². The van der Waals surface area contributed by atoms with Gasteiger partial charge in [0.1, 0.15) is 10.6 Å². The average molecular weight is 458 g/mol. The Morgan fingerprint density at radius 3 is 2.77 bits per heavy atom. The number of aryl methyl sites for hydroxylation is 1. The first kappa shape index (κ1) is 21.5. The zero-order valence-corrected chi connectivity index (χ0v) is 19.2. The van der Waals surface area contributed by atoms with Gasteiger partial charge in [-0.3, -0.25) is 19.0 Å². The number of benzene rings is 1. The highest BCUT2D eigenvalue weighted by molar-refractivity contribution is 7.71. The molecular formula is C22H23N3O4S2. The predicted octanol–water partition coefficient (Wildman–Crippen LogP) is 4.26. The van der Waals surface area contributed by atoms with Crippen molar-refractivity contribution in [2.75, 3.05) is 18.1 Å². The van der Waals surface area contributed by atoms with E-state index in [1.54, 1.807) is 30.0 Å². The maximum absolute atomic E-state index is 13.3. The first-order valence-electron chi connectivity index (χ1n) is 10.2. The average Bonchev–Trinajstić information content (AvgIpc) is 3.18. The van der Waals surface area contributed by atoms with Gasteiger partial charge in [0.15, 0.2) is 17.2 Å². The second-order valence-electron chi connectivity index (χ2n) is 7.47. The summed E-state index contributed by atoms with van der Waals surface area (Å²) in [6, 6.07) is 6.07. The molecule has 1 N–H and O–H groups in total. The van der Waals surface area contributed by atoms with E-state index < -0.39 is 6.04 Å². The van der Waals surface area contributed by atoms with Crippen LogP contribution in [-0.4, -0.2) is 34.4 Å². The Balaban J connectivity index is 1.75. The van der Waals surface area contributed by atoms with Crippen LogP contribution in [0.5, 0.6) is 5.75 Å². The molecular weight excluding hydrogens is 434 g/mol. The van der Waals surface area contributed by atoms with Gasteiger partial charge in [-0.25, -0.2) is 0 Å². The van der Waals surface area contributed by atoms with E-state index in [4.69, 9.17) is 17.0 Å². The van der Waals surface area contributed by atoms with Crippen molar-refractivity contribution in [3.63, 3.8) is 0 Å². The fourth-order valence-electron chi connectivity index (χ4n) is 3.78. The number of fused-ring (bicyclic) bond motifs is 2. The van der Waals surface area contributed by atoms with E-state index in [2.05, 4.69) is 4.98 Å². The molecule has 3 heterocycles. The summed E-state index contributed by atoms with van der Waals surface area (Å²) in [4.78, 5) is 45.3. The second kappa shape index (κ2) is 8.39. The molecule has 0 spiro atoms. The fourth-order valence-corrected chi connectivity index (χ4v) is 5.18. The summed E-state index contributed by atoms with van der Waals surface area (Å²) < 4.78 is 7.06. The maximum atomic E-state index is 13.3. The summed E-state index contributed by atoms with van der Waals surface area (Å²) in [5.74, 6) is 0.169. The fraction of sp³-hybridized carbons (Fsp3) is 0.364. The molecule has 1 aliphatic rings. The monoisotopic (exact) mass is 457 g/mol. The van der Waals surface area contributed by atoms with Crippen LogP contribution in [0, 0.1) is 4.77 Å². The Hall–Kier alpha value is -2.78. The van der Waals surface area contributed by atoms with Gasteiger partial charge in [0, 0.05) is 17.0 Å². The van der Waals surface area contributed by atoms with Crippen LogP contribution in [0.2, 0.25) is 0 Å². The smallest absolute Gasteiger partial charge is 0.265 e. The minimum atomic E-state index is -0.802. The largest absolute Gasteiger partial charge is 0.482 e. The third-order valence-electron chi connectivity index (χ3n) is 5.42. The summed E-state index contributed by atoms with van der Waals surface area (Å²) in [5.41, 5.74) is 0.695. The Labute approximate surface area is 188 Å². The Kier molecular flexibility index (Phi) is 5.81. The van der Waals surface area contributed by atoms with E-state index in [0.717, 1.165) is 22.5 Å². The number of hydrogen-bond acceptors (Lipinski definition) is 6. The van der Waals surface area contributed by atoms with E-state index in [0.29, 0.717) is 28.9 Å². The standard InChI is InChI=1S/C22H23N3O4S2/c1-4-8-24-16-9-13(6-7-17(16)29-11-18(24)26)19(27)12(3)25-21(28)15-10-14(5-2)31-20(15)23-22(25)30/h6-7,9-10,12H,4-5,8,11H2,1-3H3,(H,23,30). The number of nitrogens with one attached hydrogen (secondary N) is 1. The molecule has 0 saturated carbocycles. The van der Waals surface area contributed by atoms with Gasteiger partial charge in [-0.2, -0.15) is 0 Å². The number of thiophene rings is 1. The molecule has 1 unspecified atom stereocenters. The number of Topliss-reactive ketones (excluding diaryl/α,β-unsaturated/α-hetero) is 1. The van der Waals surface area contributed by atoms with Crippen LogP contribution in [0.4, 0.5) is 5.69 Å². The molecule has 2 aromatic heterocycles. The second-order valence-corrected chi connectivity index (χ2v) is 8.99. The topological polar surface area (TPSA) is 84.4 Å². The van der Waals surface area contributed by atoms with E-state index in [1.807, 2.05) is 19.9 Å². The zero-order chi connectivity index (χ0) is 22.3. The van der Waals surface area contributed by atoms with Gasteiger partial charge in [0.05, 0.1) is 17.1 Å². The summed E-state index contributed by atoms with van der Waals surface area (Å²) >= 11 is 6.91. The van der Waals surface area contributed by atoms with Crippen molar-refractivity contribution in [2.24, 2.45) is 0 Å². The number of amides is 1. The van der Waals surface area contributed by atoms with Crippen molar-refractivity contribution in [1.82, 2.24) is 9.55 Å². The molecule has 1 atom stereocenters. The summed E-state index contributed by atoms with van der Waals surface area (Å²) in [7, 11) is 0. The molecule has 9 heteroatoms. The molecule has 162 valence electrons. The number of aromatic amines is 1. The van der Waals surface area contributed by atoms with Gasteiger partial charge in [-0.15, -0.1) is 11.3 Å². The number of hydrogen-bond donors (Lipinski definition) is 1. The van der Waals surface area contributed by atoms with Crippen LogP contribution < -0.4 is 15.2 Å². The number of aromatic nitrogens is 2. The number of carbonyl (C=O) groups is 2. The number of ketones is 1. The maximum Gasteiger partial charge on any atom is 0.265 e. The lowest BCUT2D eigenvalue weighted by Crippen LogP contribution is -2.39. The van der Waals surface area contributed by atoms with E-state index >= 15 is 0 Å². The van der Waals surface area contributed by atoms with Crippen molar-refractivity contribution in [3.8, 4) is 5.75 Å². The highest BCUT2D eigenvalue weighted by Gasteiger charge is 2.28. The van der Waals surface area contributed by atoms with Crippen molar-refractivity contribution >= 4 is 51.1 Å². The van der Waals surface area contributed by atoms with Gasteiger partial charge >= 0.3 is 0 Å². The molecule has 31 heavy (non-hydrogen) atoms. The molecule has 3 aromatic rings. The Bertz CT molecular complexity index is 1300. The number of carbonyl (C=O) groups excluding carboxylic acids is 2. The molecule has 1 aromatic carbocycles. The first-order chi connectivity index (χ1) is 14.8. The van der Waals surface area contributed by atoms with Crippen LogP contribution in [0.3, 0.4) is 0 Å². The molecule has 0 fully saturated rings. The summed E-state index contributed by atoms with van der Waals surface area (Å²) in [6.45, 7) is 6.20. The Morgan fingerprint density at radius 1 is 1.29 bits per heavy atom. The van der Waals surface area contributed by atoms with Crippen molar-refractivity contribution < 1.29 is 14.3 Å². The summed E-state index contributed by atoms with van der Waals surface area (Å²) in [5, 5.41) is 0.536. The molecule has 0 bridgehead atoms. The third-order valence-corrected chi connectivity index (χ3v) is 6.91. The quantitative estimate of drug-likeness (QED) is 0.442. The van der Waals surface area contributed by atoms with Gasteiger partial charge in [0.2, 0.25) is 0 Å². The number of rotatable bonds is 6. The molecule has 4 rings (SSSR count). The van der Waals surface area contributed by atoms with Crippen LogP contribution >= 0.6 is 23.6 Å². The molecule has 0 radical (unpaired) electrons. The van der Waals surface area contributed by atoms with Crippen molar-refractivity contribution in [1.29, 1.82) is 0 Å². The van der Waals surface area contributed by atoms with E-state index in [1.165, 1.54) is 15.9 Å². The molecule has 1 aliphatic heterocycles. The van der Waals surface area contributed by atoms with Crippen molar-refractivity contribution in [3.05, 3.63) is 49.8 Å². The lowest BCUT2D eigenvalue weighted by Gasteiger charge is -2.29. The van der Waals surface area contributed by atoms with Crippen LogP contribution in [-0.2, 0) is 11.2 Å². The van der Waals surface area contributed by atoms with Gasteiger partial charge in [-0.05, 0) is 56.2 Å². The predicted molar refractivity (Wildman–Crippen MR) is 124 cm³/mol. The minimum Gasteiger partial charge on any atom is -0.482 e. The molecule has 0 aliphatic carbocycles. The van der Waals surface area contributed by atoms with Gasteiger partial charge in [0.25, 0.3) is 11.5 Å². The highest BCUT2D eigenvalue weighted by Crippen LogP contribution is 2.34. The number of H-pyrrole nitrogens is 1.